The monoisotopic (exact) mass is 882 g/mol. The number of thioether (sulfide) groups is 4. The summed E-state index contributed by atoms with van der Waals surface area (Å²) in [4.78, 5) is 10.7. The standard InChI is InChI=1S/C19H33NO2S3.C16H16S2.C10H9NS2/c1-3-4-5-6-7-8-9-10-11-12-15-24-18(23)25-19(2,16-20)14-13-17(21)22;1-16(2,14-11-7-4-8-12-14)18-15(17)13-9-5-3-6-10-13;1-8(7-11)13-10(12)9-5-3-2-4-6-9/h3-15H2,1-2H3,(H,21,22);3-12H,1-2H3;2-6,8H,1H3. The molecule has 0 aliphatic carbocycles. The fraction of sp³-hybridized carbons (Fsp3) is 0.467. The predicted molar refractivity (Wildman–Crippen MR) is 261 cm³/mol. The number of rotatable bonds is 20. The van der Waals surface area contributed by atoms with Gasteiger partial charge in [-0.05, 0) is 63.0 Å². The average Bonchev–Trinajstić information content (AvgIpc) is 3.20. The molecule has 0 bridgehead atoms. The summed E-state index contributed by atoms with van der Waals surface area (Å²) in [5.41, 5.74) is 3.44. The van der Waals surface area contributed by atoms with E-state index in [0.29, 0.717) is 6.42 Å². The van der Waals surface area contributed by atoms with E-state index in [2.05, 4.69) is 69.3 Å². The minimum Gasteiger partial charge on any atom is -0.481 e. The van der Waals surface area contributed by atoms with Gasteiger partial charge in [0.1, 0.15) is 8.28 Å². The molecule has 0 saturated heterocycles. The van der Waals surface area contributed by atoms with Crippen molar-refractivity contribution in [2.45, 2.75) is 126 Å². The number of nitrogens with zero attached hydrogens (tertiary/aromatic N) is 2. The van der Waals surface area contributed by atoms with Crippen LogP contribution in [0.25, 0.3) is 0 Å². The van der Waals surface area contributed by atoms with E-state index in [-0.39, 0.29) is 16.4 Å². The van der Waals surface area contributed by atoms with Crippen molar-refractivity contribution in [2.75, 3.05) is 5.75 Å². The fourth-order valence-electron chi connectivity index (χ4n) is 5.03. The van der Waals surface area contributed by atoms with Crippen LogP contribution in [0, 0.1) is 22.7 Å². The van der Waals surface area contributed by atoms with Crippen LogP contribution in [0.15, 0.2) is 91.0 Å². The van der Waals surface area contributed by atoms with Crippen LogP contribution in [0.3, 0.4) is 0 Å². The van der Waals surface area contributed by atoms with E-state index < -0.39 is 10.7 Å². The summed E-state index contributed by atoms with van der Waals surface area (Å²) >= 11 is 22.2. The number of thiocarbonyl (C=S) groups is 3. The van der Waals surface area contributed by atoms with E-state index >= 15 is 0 Å². The molecule has 0 fully saturated rings. The van der Waals surface area contributed by atoms with Crippen LogP contribution in [0.1, 0.15) is 128 Å². The maximum atomic E-state index is 10.7. The first kappa shape index (κ1) is 51.8. The Labute approximate surface area is 371 Å². The van der Waals surface area contributed by atoms with Gasteiger partial charge in [-0.3, -0.25) is 4.79 Å². The molecule has 0 aliphatic heterocycles. The Hall–Kier alpha value is -2.22. The van der Waals surface area contributed by atoms with Crippen molar-refractivity contribution in [3.63, 3.8) is 0 Å². The lowest BCUT2D eigenvalue weighted by molar-refractivity contribution is -0.137. The Morgan fingerprint density at radius 3 is 1.64 bits per heavy atom. The molecule has 0 spiro atoms. The molecule has 1 N–H and O–H groups in total. The summed E-state index contributed by atoms with van der Waals surface area (Å²) in [5.74, 6) is 0.119. The molecule has 2 atom stereocenters. The smallest absolute Gasteiger partial charge is 0.303 e. The highest BCUT2D eigenvalue weighted by Crippen LogP contribution is 2.38. The van der Waals surface area contributed by atoms with Crippen LogP contribution in [0.5, 0.6) is 0 Å². The maximum absolute atomic E-state index is 10.7. The number of nitriles is 2. The third kappa shape index (κ3) is 24.5. The van der Waals surface area contributed by atoms with Gasteiger partial charge in [0.15, 0.2) is 0 Å². The van der Waals surface area contributed by atoms with Gasteiger partial charge in [0.25, 0.3) is 0 Å². The minimum atomic E-state index is -0.869. The molecule has 3 aromatic rings. The number of carboxylic acid groups (broad SMARTS) is 1. The van der Waals surface area contributed by atoms with Crippen LogP contribution in [0.2, 0.25) is 0 Å². The van der Waals surface area contributed by atoms with Crippen molar-refractivity contribution in [2.24, 2.45) is 0 Å². The van der Waals surface area contributed by atoms with Crippen LogP contribution in [0.4, 0.5) is 0 Å². The van der Waals surface area contributed by atoms with Gasteiger partial charge in [-0.15, -0.1) is 23.5 Å². The molecule has 0 heterocycles. The van der Waals surface area contributed by atoms with Gasteiger partial charge in [0.05, 0.1) is 25.8 Å². The number of unbranched alkanes of at least 4 members (excludes halogenated alkanes) is 9. The van der Waals surface area contributed by atoms with Crippen molar-refractivity contribution in [1.29, 1.82) is 10.5 Å². The lowest BCUT2D eigenvalue weighted by Crippen LogP contribution is -2.20. The summed E-state index contributed by atoms with van der Waals surface area (Å²) in [5, 5.41) is 26.6. The lowest BCUT2D eigenvalue weighted by atomic mass is 10.0. The second-order valence-electron chi connectivity index (χ2n) is 13.8. The molecule has 3 rings (SSSR count). The molecule has 0 aliphatic rings. The van der Waals surface area contributed by atoms with Gasteiger partial charge < -0.3 is 5.11 Å². The second-order valence-corrected chi connectivity index (χ2v) is 21.9. The number of benzene rings is 3. The van der Waals surface area contributed by atoms with Crippen LogP contribution < -0.4 is 0 Å². The third-order valence-electron chi connectivity index (χ3n) is 8.38. The number of hydrogen-bond acceptors (Lipinski definition) is 10. The zero-order valence-corrected chi connectivity index (χ0v) is 39.3. The molecule has 4 nitrogen and oxygen atoms in total. The van der Waals surface area contributed by atoms with Gasteiger partial charge in [-0.1, -0.05) is 216 Å². The zero-order chi connectivity index (χ0) is 41.7. The van der Waals surface area contributed by atoms with Gasteiger partial charge in [0.2, 0.25) is 0 Å². The van der Waals surface area contributed by atoms with Crippen molar-refractivity contribution in [3.05, 3.63) is 108 Å². The fourth-order valence-corrected chi connectivity index (χ4v) is 10.9. The Morgan fingerprint density at radius 2 is 1.18 bits per heavy atom. The van der Waals surface area contributed by atoms with Crippen molar-refractivity contribution in [3.8, 4) is 12.1 Å². The molecule has 3 aromatic carbocycles. The summed E-state index contributed by atoms with van der Waals surface area (Å²) in [7, 11) is 0. The summed E-state index contributed by atoms with van der Waals surface area (Å²) in [6.07, 6.45) is 13.5. The zero-order valence-electron chi connectivity index (χ0n) is 33.5. The van der Waals surface area contributed by atoms with Gasteiger partial charge in [-0.25, -0.2) is 0 Å². The highest BCUT2D eigenvalue weighted by Gasteiger charge is 2.27. The summed E-state index contributed by atoms with van der Waals surface area (Å²) < 4.78 is 1.75. The molecule has 2 unspecified atom stereocenters. The number of hydrogen-bond donors (Lipinski definition) is 1. The third-order valence-corrected chi connectivity index (χ3v) is 14.3. The van der Waals surface area contributed by atoms with Gasteiger partial charge in [0, 0.05) is 11.2 Å². The molecule has 56 heavy (non-hydrogen) atoms. The van der Waals surface area contributed by atoms with Crippen molar-refractivity contribution in [1.82, 2.24) is 0 Å². The van der Waals surface area contributed by atoms with E-state index in [4.69, 9.17) is 47.0 Å². The largest absolute Gasteiger partial charge is 0.481 e. The normalized spacial score (nSPS) is 12.2. The van der Waals surface area contributed by atoms with E-state index in [9.17, 15) is 10.1 Å². The van der Waals surface area contributed by atoms with Crippen LogP contribution in [-0.4, -0.2) is 38.7 Å². The molecule has 0 amide bonds. The first-order valence-corrected chi connectivity index (χ1v) is 24.0. The predicted octanol–water partition coefficient (Wildman–Crippen LogP) is 14.8. The minimum absolute atomic E-state index is 0.00276. The number of aliphatic carboxylic acids is 1. The molecule has 0 saturated carbocycles. The van der Waals surface area contributed by atoms with Crippen molar-refractivity contribution >= 4 is 102 Å². The average molecular weight is 883 g/mol. The Kier molecular flexibility index (Phi) is 28.5. The first-order valence-electron chi connectivity index (χ1n) is 19.2. The molecular weight excluding hydrogens is 825 g/mol. The second kappa shape index (κ2) is 30.8. The Balaban J connectivity index is 0.000000441. The molecule has 11 heteroatoms. The SMILES string of the molecule is CC(C#N)SC(=S)c1ccccc1.CC(C)(SC(=S)c1ccccc1)c1ccccc1.CCCCCCCCCCCCSC(=S)SC(C)(C#N)CCC(=O)O. The molecule has 302 valence electrons. The van der Waals surface area contributed by atoms with Crippen LogP contribution >= 0.6 is 83.7 Å². The number of carbonyl (C=O) groups is 1. The van der Waals surface area contributed by atoms with Crippen LogP contribution in [-0.2, 0) is 9.54 Å². The van der Waals surface area contributed by atoms with Crippen molar-refractivity contribution < 1.29 is 9.90 Å². The first-order chi connectivity index (χ1) is 26.8. The summed E-state index contributed by atoms with van der Waals surface area (Å²) in [6, 6.07) is 34.8. The van der Waals surface area contributed by atoms with E-state index in [0.717, 1.165) is 35.2 Å². The van der Waals surface area contributed by atoms with E-state index in [1.807, 2.05) is 61.5 Å². The highest BCUT2D eigenvalue weighted by molar-refractivity contribution is 8.47. The van der Waals surface area contributed by atoms with Gasteiger partial charge in [-0.2, -0.15) is 10.5 Å². The molecule has 0 aromatic heterocycles. The van der Waals surface area contributed by atoms with Gasteiger partial charge >= 0.3 is 5.97 Å². The molecule has 0 radical (unpaired) electrons. The number of carboxylic acids is 1. The summed E-state index contributed by atoms with van der Waals surface area (Å²) in [6.45, 7) is 10.3. The highest BCUT2D eigenvalue weighted by atomic mass is 32.2. The molecular formula is C45H58N2O2S7. The Morgan fingerprint density at radius 1 is 0.714 bits per heavy atom. The Bertz CT molecular complexity index is 1660. The maximum Gasteiger partial charge on any atom is 0.303 e. The quantitative estimate of drug-likeness (QED) is 0.0870. The van der Waals surface area contributed by atoms with E-state index in [1.54, 1.807) is 30.4 Å². The van der Waals surface area contributed by atoms with E-state index in [1.165, 1.54) is 86.9 Å². The lowest BCUT2D eigenvalue weighted by Gasteiger charge is -2.25. The topological polar surface area (TPSA) is 84.9 Å².